The number of nitrogens with zero attached hydrogens (tertiary/aromatic N) is 2. The minimum Gasteiger partial charge on any atom is -0.436 e. The number of fused-ring (bicyclic) bond motifs is 3. The van der Waals surface area contributed by atoms with E-state index < -0.39 is 0 Å². The number of aromatic nitrogens is 2. The molecule has 3 heteroatoms. The number of hydrogen-bond donors (Lipinski definition) is 0. The Balaban J connectivity index is 1.01. The van der Waals surface area contributed by atoms with Crippen LogP contribution in [-0.2, 0) is 0 Å². The molecule has 0 saturated carbocycles. The number of pyridine rings is 1. The van der Waals surface area contributed by atoms with E-state index in [1.807, 2.05) is 12.3 Å². The third kappa shape index (κ3) is 6.45. The number of oxazole rings is 1. The Kier molecular flexibility index (Phi) is 8.49. The van der Waals surface area contributed by atoms with Gasteiger partial charge in [-0.3, -0.25) is 4.98 Å². The molecule has 2 heterocycles. The van der Waals surface area contributed by atoms with E-state index in [1.165, 1.54) is 43.8 Å². The van der Waals surface area contributed by atoms with Gasteiger partial charge in [0.1, 0.15) is 5.52 Å². The Morgan fingerprint density at radius 3 is 1.42 bits per heavy atom. The average molecular weight is 753 g/mol. The summed E-state index contributed by atoms with van der Waals surface area (Å²) >= 11 is 0. The quantitative estimate of drug-likeness (QED) is 0.163. The van der Waals surface area contributed by atoms with Gasteiger partial charge in [-0.2, -0.15) is 0 Å². The largest absolute Gasteiger partial charge is 0.436 e. The Hall–Kier alpha value is -7.88. The third-order valence-corrected chi connectivity index (χ3v) is 11.4. The van der Waals surface area contributed by atoms with E-state index in [1.54, 1.807) is 6.20 Å². The van der Waals surface area contributed by atoms with Crippen LogP contribution in [0, 0.1) is 0 Å². The van der Waals surface area contributed by atoms with Gasteiger partial charge in [0.2, 0.25) is 5.89 Å². The van der Waals surface area contributed by atoms with Gasteiger partial charge >= 0.3 is 0 Å². The maximum absolute atomic E-state index is 6.73. The molecule has 0 unspecified atom stereocenters. The Morgan fingerprint density at radius 2 is 0.814 bits per heavy atom. The molecule has 0 saturated heterocycles. The van der Waals surface area contributed by atoms with Crippen molar-refractivity contribution in [2.24, 2.45) is 0 Å². The fraction of sp³-hybridized carbons (Fsp3) is 0. The van der Waals surface area contributed by atoms with Crippen molar-refractivity contribution in [3.05, 3.63) is 219 Å². The average Bonchev–Trinajstić information content (AvgIpc) is 3.76. The first kappa shape index (κ1) is 34.4. The smallest absolute Gasteiger partial charge is 0.227 e. The zero-order chi connectivity index (χ0) is 39.1. The Bertz CT molecular complexity index is 3300. The molecule has 0 aliphatic carbocycles. The second-order valence-electron chi connectivity index (χ2n) is 15.0. The van der Waals surface area contributed by atoms with Gasteiger partial charge in [0.25, 0.3) is 0 Å². The van der Waals surface area contributed by atoms with Crippen LogP contribution < -0.4 is 0 Å². The molecule has 2 aromatic heterocycles. The van der Waals surface area contributed by atoms with Crippen molar-refractivity contribution in [1.82, 2.24) is 9.97 Å². The predicted octanol–water partition coefficient (Wildman–Crippen LogP) is 15.2. The third-order valence-electron chi connectivity index (χ3n) is 11.4. The lowest BCUT2D eigenvalue weighted by atomic mass is 9.93. The fourth-order valence-corrected chi connectivity index (χ4v) is 8.41. The van der Waals surface area contributed by atoms with Gasteiger partial charge in [-0.05, 0) is 114 Å². The highest BCUT2D eigenvalue weighted by atomic mass is 16.3. The van der Waals surface area contributed by atoms with Gasteiger partial charge in [0, 0.05) is 29.1 Å². The first-order valence-corrected chi connectivity index (χ1v) is 19.9. The van der Waals surface area contributed by atoms with Crippen LogP contribution in [0.4, 0.5) is 0 Å². The van der Waals surface area contributed by atoms with Crippen LogP contribution in [0.1, 0.15) is 0 Å². The highest BCUT2D eigenvalue weighted by molar-refractivity contribution is 6.00. The van der Waals surface area contributed by atoms with Crippen LogP contribution in [0.3, 0.4) is 0 Å². The molecule has 59 heavy (non-hydrogen) atoms. The lowest BCUT2D eigenvalue weighted by Crippen LogP contribution is -1.87. The maximum atomic E-state index is 6.73. The molecule has 0 atom stereocenters. The van der Waals surface area contributed by atoms with Crippen molar-refractivity contribution in [1.29, 1.82) is 0 Å². The molecule has 11 aromatic rings. The van der Waals surface area contributed by atoms with Crippen molar-refractivity contribution in [3.8, 4) is 78.2 Å². The number of hydrogen-bond acceptors (Lipinski definition) is 3. The molecular formula is C56H36N2O. The summed E-state index contributed by atoms with van der Waals surface area (Å²) in [4.78, 5) is 9.55. The molecule has 3 nitrogen and oxygen atoms in total. The summed E-state index contributed by atoms with van der Waals surface area (Å²) in [6.07, 6.45) is 3.70. The highest BCUT2D eigenvalue weighted by Gasteiger charge is 2.17. The number of benzene rings is 9. The topological polar surface area (TPSA) is 38.9 Å². The lowest BCUT2D eigenvalue weighted by Gasteiger charge is -2.11. The summed E-state index contributed by atoms with van der Waals surface area (Å²) in [5, 5.41) is 4.96. The second-order valence-corrected chi connectivity index (χ2v) is 15.0. The SMILES string of the molecule is c1cncc(-c2cccc(-c3cccc(-c4nc5c(-c6ccc(-c7cccc8ccccc78)cc6)cc(-c6ccc(-c7cccc8ccccc78)cc6)cc5o4)c3)c2)c1. The summed E-state index contributed by atoms with van der Waals surface area (Å²) in [5.74, 6) is 0.586. The van der Waals surface area contributed by atoms with Crippen molar-refractivity contribution in [2.45, 2.75) is 0 Å². The molecule has 0 fully saturated rings. The Labute approximate surface area is 342 Å². The van der Waals surface area contributed by atoms with E-state index in [2.05, 4.69) is 205 Å². The predicted molar refractivity (Wildman–Crippen MR) is 245 cm³/mol. The molecule has 0 N–H and O–H groups in total. The standard InChI is InChI=1S/C56H36N2O/c1-3-19-49-38(10-1)12-7-21-51(49)40-25-23-37(24-26-40)48-34-53(42-29-27-41(28-30-42)52-22-8-13-39-11-2-4-20-50(39)52)55-54(35-48)59-56(58-55)46-17-6-15-44(33-46)43-14-5-16-45(32-43)47-18-9-31-57-36-47/h1-36H. The molecule has 0 bridgehead atoms. The first-order valence-electron chi connectivity index (χ1n) is 19.9. The van der Waals surface area contributed by atoms with Crippen LogP contribution in [0.2, 0.25) is 0 Å². The Morgan fingerprint density at radius 1 is 0.322 bits per heavy atom. The normalized spacial score (nSPS) is 11.4. The highest BCUT2D eigenvalue weighted by Crippen LogP contribution is 2.39. The van der Waals surface area contributed by atoms with E-state index >= 15 is 0 Å². The molecule has 276 valence electrons. The van der Waals surface area contributed by atoms with Gasteiger partial charge in [0.15, 0.2) is 5.58 Å². The van der Waals surface area contributed by atoms with Crippen LogP contribution in [0.25, 0.3) is 111 Å². The molecule has 0 aliphatic rings. The summed E-state index contributed by atoms with van der Waals surface area (Å²) < 4.78 is 6.73. The minimum absolute atomic E-state index is 0.586. The van der Waals surface area contributed by atoms with Crippen molar-refractivity contribution >= 4 is 32.6 Å². The van der Waals surface area contributed by atoms with Crippen LogP contribution >= 0.6 is 0 Å². The van der Waals surface area contributed by atoms with Crippen molar-refractivity contribution in [3.63, 3.8) is 0 Å². The molecule has 0 amide bonds. The van der Waals surface area contributed by atoms with E-state index in [-0.39, 0.29) is 0 Å². The fourth-order valence-electron chi connectivity index (χ4n) is 8.41. The van der Waals surface area contributed by atoms with E-state index in [4.69, 9.17) is 9.40 Å². The van der Waals surface area contributed by atoms with Gasteiger partial charge in [-0.15, -0.1) is 0 Å². The van der Waals surface area contributed by atoms with E-state index in [0.717, 1.165) is 61.2 Å². The summed E-state index contributed by atoms with van der Waals surface area (Å²) in [7, 11) is 0. The lowest BCUT2D eigenvalue weighted by molar-refractivity contribution is 0.620. The first-order chi connectivity index (χ1) is 29.2. The molecule has 9 aromatic carbocycles. The molecule has 11 rings (SSSR count). The monoisotopic (exact) mass is 752 g/mol. The van der Waals surface area contributed by atoms with Crippen LogP contribution in [0.15, 0.2) is 223 Å². The van der Waals surface area contributed by atoms with Crippen LogP contribution in [0.5, 0.6) is 0 Å². The summed E-state index contributed by atoms with van der Waals surface area (Å²) in [6.45, 7) is 0. The van der Waals surface area contributed by atoms with Crippen LogP contribution in [-0.4, -0.2) is 9.97 Å². The zero-order valence-corrected chi connectivity index (χ0v) is 32.1. The zero-order valence-electron chi connectivity index (χ0n) is 32.1. The molecule has 0 aliphatic heterocycles. The van der Waals surface area contributed by atoms with E-state index in [0.29, 0.717) is 5.89 Å². The van der Waals surface area contributed by atoms with Gasteiger partial charge in [-0.1, -0.05) is 170 Å². The van der Waals surface area contributed by atoms with Gasteiger partial charge < -0.3 is 4.42 Å². The molecule has 0 radical (unpaired) electrons. The van der Waals surface area contributed by atoms with Gasteiger partial charge in [-0.25, -0.2) is 4.98 Å². The molecular weight excluding hydrogens is 717 g/mol. The second kappa shape index (κ2) is 14.6. The van der Waals surface area contributed by atoms with Crippen molar-refractivity contribution in [2.75, 3.05) is 0 Å². The maximum Gasteiger partial charge on any atom is 0.227 e. The van der Waals surface area contributed by atoms with Crippen molar-refractivity contribution < 1.29 is 4.42 Å². The summed E-state index contributed by atoms with van der Waals surface area (Å²) in [6, 6.07) is 73.3. The molecule has 0 spiro atoms. The summed E-state index contributed by atoms with van der Waals surface area (Å²) in [5.41, 5.74) is 16.0. The van der Waals surface area contributed by atoms with Gasteiger partial charge in [0.05, 0.1) is 0 Å². The van der Waals surface area contributed by atoms with E-state index in [9.17, 15) is 0 Å². The minimum atomic E-state index is 0.586. The number of rotatable bonds is 7.